The Labute approximate surface area is 148 Å². The normalized spacial score (nSPS) is 20.0. The van der Waals surface area contributed by atoms with E-state index in [0.29, 0.717) is 6.61 Å². The highest BCUT2D eigenvalue weighted by Gasteiger charge is 2.40. The summed E-state index contributed by atoms with van der Waals surface area (Å²) < 4.78 is 6.25. The number of carbonyl (C=O) groups is 1. The average molecular weight is 411 g/mol. The van der Waals surface area contributed by atoms with Crippen molar-refractivity contribution in [2.24, 2.45) is 0 Å². The van der Waals surface area contributed by atoms with Crippen molar-refractivity contribution in [2.75, 3.05) is 27.2 Å². The van der Waals surface area contributed by atoms with Crippen LogP contribution in [0.4, 0.5) is 0 Å². The maximum absolute atomic E-state index is 12.0. The molecule has 1 heterocycles. The molecule has 0 bridgehead atoms. The maximum atomic E-state index is 12.0. The number of halogens is 1. The van der Waals surface area contributed by atoms with Gasteiger partial charge in [0.15, 0.2) is 6.04 Å². The molecular formula is C17H34INO2. The van der Waals surface area contributed by atoms with Gasteiger partial charge in [0, 0.05) is 12.8 Å². The topological polar surface area (TPSA) is 26.3 Å². The first-order valence-electron chi connectivity index (χ1n) is 8.57. The molecule has 1 rings (SSSR count). The minimum Gasteiger partial charge on any atom is -1.00 e. The van der Waals surface area contributed by atoms with Crippen LogP contribution in [0.15, 0.2) is 0 Å². The zero-order chi connectivity index (χ0) is 14.8. The van der Waals surface area contributed by atoms with Crippen molar-refractivity contribution >= 4 is 5.97 Å². The molecule has 1 unspecified atom stereocenters. The lowest BCUT2D eigenvalue weighted by Gasteiger charge is -2.29. The van der Waals surface area contributed by atoms with Gasteiger partial charge in [0.1, 0.15) is 0 Å². The summed E-state index contributed by atoms with van der Waals surface area (Å²) in [4.78, 5) is 12.0. The van der Waals surface area contributed by atoms with Gasteiger partial charge < -0.3 is 33.2 Å². The molecule has 0 saturated carbocycles. The van der Waals surface area contributed by atoms with Crippen LogP contribution in [0.1, 0.15) is 71.1 Å². The molecule has 1 fully saturated rings. The first kappa shape index (κ1) is 21.2. The molecule has 0 aliphatic carbocycles. The van der Waals surface area contributed by atoms with Crippen LogP contribution in [-0.2, 0) is 9.53 Å². The number of likely N-dealkylation sites (tertiary alicyclic amines) is 1. The summed E-state index contributed by atoms with van der Waals surface area (Å²) in [6.07, 6.45) is 12.4. The highest BCUT2D eigenvalue weighted by Crippen LogP contribution is 2.23. The van der Waals surface area contributed by atoms with Crippen LogP contribution in [0.2, 0.25) is 0 Å². The Morgan fingerprint density at radius 1 is 1.05 bits per heavy atom. The lowest BCUT2D eigenvalue weighted by molar-refractivity contribution is -0.893. The van der Waals surface area contributed by atoms with E-state index in [0.717, 1.165) is 30.3 Å². The minimum absolute atomic E-state index is 0. The second kappa shape index (κ2) is 11.7. The summed E-state index contributed by atoms with van der Waals surface area (Å²) in [7, 11) is 4.27. The molecule has 4 heteroatoms. The molecule has 0 aromatic carbocycles. The maximum Gasteiger partial charge on any atom is 0.364 e. The van der Waals surface area contributed by atoms with Gasteiger partial charge in [-0.3, -0.25) is 0 Å². The van der Waals surface area contributed by atoms with Crippen molar-refractivity contribution in [3.05, 3.63) is 0 Å². The van der Waals surface area contributed by atoms with Gasteiger partial charge in [-0.25, -0.2) is 4.79 Å². The number of hydrogen-bond donors (Lipinski definition) is 0. The molecule has 3 nitrogen and oxygen atoms in total. The first-order chi connectivity index (χ1) is 9.58. The summed E-state index contributed by atoms with van der Waals surface area (Å²) in [5, 5.41) is 0. The van der Waals surface area contributed by atoms with Gasteiger partial charge in [-0.2, -0.15) is 0 Å². The number of rotatable bonds is 10. The fourth-order valence-corrected chi connectivity index (χ4v) is 3.11. The second-order valence-electron chi connectivity index (χ2n) is 6.80. The molecular weight excluding hydrogens is 377 g/mol. The van der Waals surface area contributed by atoms with Crippen molar-refractivity contribution in [2.45, 2.75) is 77.2 Å². The van der Waals surface area contributed by atoms with Gasteiger partial charge in [0.25, 0.3) is 0 Å². The van der Waals surface area contributed by atoms with E-state index < -0.39 is 0 Å². The number of nitrogens with zero attached hydrogens (tertiary/aromatic N) is 1. The minimum atomic E-state index is 0. The largest absolute Gasteiger partial charge is 1.00 e. The lowest BCUT2D eigenvalue weighted by Crippen LogP contribution is -3.00. The van der Waals surface area contributed by atoms with Gasteiger partial charge in [-0.15, -0.1) is 0 Å². The van der Waals surface area contributed by atoms with E-state index >= 15 is 0 Å². The Morgan fingerprint density at radius 2 is 1.62 bits per heavy atom. The van der Waals surface area contributed by atoms with Gasteiger partial charge in [-0.05, 0) is 6.42 Å². The van der Waals surface area contributed by atoms with Crippen molar-refractivity contribution in [3.8, 4) is 0 Å². The third-order valence-electron chi connectivity index (χ3n) is 4.57. The van der Waals surface area contributed by atoms with Crippen LogP contribution in [0, 0.1) is 0 Å². The third-order valence-corrected chi connectivity index (χ3v) is 4.57. The van der Waals surface area contributed by atoms with Crippen molar-refractivity contribution < 1.29 is 38.0 Å². The lowest BCUT2D eigenvalue weighted by atomic mass is 10.1. The van der Waals surface area contributed by atoms with Crippen LogP contribution < -0.4 is 24.0 Å². The predicted molar refractivity (Wildman–Crippen MR) is 83.6 cm³/mol. The molecule has 0 N–H and O–H groups in total. The summed E-state index contributed by atoms with van der Waals surface area (Å²) >= 11 is 0. The number of quaternary nitrogens is 1. The fourth-order valence-electron chi connectivity index (χ4n) is 3.11. The number of carbonyl (C=O) groups excluding carboxylic acids is 1. The van der Waals surface area contributed by atoms with E-state index in [-0.39, 0.29) is 36.0 Å². The van der Waals surface area contributed by atoms with Gasteiger partial charge in [-0.1, -0.05) is 51.9 Å². The van der Waals surface area contributed by atoms with Crippen LogP contribution in [0.25, 0.3) is 0 Å². The molecule has 126 valence electrons. The summed E-state index contributed by atoms with van der Waals surface area (Å²) in [5.41, 5.74) is 0. The quantitative estimate of drug-likeness (QED) is 0.231. The molecule has 0 radical (unpaired) electrons. The molecule has 0 spiro atoms. The first-order valence-corrected chi connectivity index (χ1v) is 8.57. The molecule has 21 heavy (non-hydrogen) atoms. The van der Waals surface area contributed by atoms with E-state index in [9.17, 15) is 4.79 Å². The molecule has 1 aliphatic heterocycles. The van der Waals surface area contributed by atoms with Crippen LogP contribution in [-0.4, -0.2) is 43.7 Å². The predicted octanol–water partition coefficient (Wildman–Crippen LogP) is 0.913. The van der Waals surface area contributed by atoms with Crippen LogP contribution in [0.3, 0.4) is 0 Å². The highest BCUT2D eigenvalue weighted by atomic mass is 127. The number of likely N-dealkylation sites (N-methyl/N-ethyl adjacent to an activating group) is 1. The Balaban J connectivity index is 0.00000400. The van der Waals surface area contributed by atoms with Crippen LogP contribution >= 0.6 is 0 Å². The standard InChI is InChI=1S/C17H34NO2.HI/c1-4-5-6-7-8-9-10-11-15-20-17(19)16-13-12-14-18(16,2)3;/h16H,4-15H2,1-3H3;1H/q+1;/p-1. The Bertz CT molecular complexity index is 282. The SMILES string of the molecule is CCCCCCCCCCOC(=O)C1CCC[N+]1(C)C.[I-]. The third kappa shape index (κ3) is 8.38. The van der Waals surface area contributed by atoms with Crippen molar-refractivity contribution in [1.29, 1.82) is 0 Å². The number of ether oxygens (including phenoxy) is 1. The molecule has 1 atom stereocenters. The van der Waals surface area contributed by atoms with E-state index in [2.05, 4.69) is 21.0 Å². The number of unbranched alkanes of at least 4 members (excludes halogenated alkanes) is 7. The van der Waals surface area contributed by atoms with Crippen molar-refractivity contribution in [3.63, 3.8) is 0 Å². The number of esters is 1. The Kier molecular flexibility index (Phi) is 11.8. The molecule has 1 saturated heterocycles. The van der Waals surface area contributed by atoms with E-state index in [1.54, 1.807) is 0 Å². The van der Waals surface area contributed by atoms with Gasteiger partial charge in [0.2, 0.25) is 0 Å². The molecule has 0 aromatic heterocycles. The van der Waals surface area contributed by atoms with E-state index in [4.69, 9.17) is 4.74 Å². The van der Waals surface area contributed by atoms with Gasteiger partial charge in [0.05, 0.1) is 27.2 Å². The Hall–Kier alpha value is 0.160. The zero-order valence-corrected chi connectivity index (χ0v) is 16.4. The molecule has 0 aromatic rings. The summed E-state index contributed by atoms with van der Waals surface area (Å²) in [5.74, 6) is 0.0236. The van der Waals surface area contributed by atoms with Gasteiger partial charge >= 0.3 is 5.97 Å². The summed E-state index contributed by atoms with van der Waals surface area (Å²) in [6, 6.07) is 0.0732. The second-order valence-corrected chi connectivity index (χ2v) is 6.80. The smallest absolute Gasteiger partial charge is 0.364 e. The zero-order valence-electron chi connectivity index (χ0n) is 14.2. The average Bonchev–Trinajstić information content (AvgIpc) is 2.76. The number of hydrogen-bond acceptors (Lipinski definition) is 2. The monoisotopic (exact) mass is 411 g/mol. The fraction of sp³-hybridized carbons (Fsp3) is 0.941. The van der Waals surface area contributed by atoms with Crippen LogP contribution in [0.5, 0.6) is 0 Å². The highest BCUT2D eigenvalue weighted by molar-refractivity contribution is 5.74. The summed E-state index contributed by atoms with van der Waals surface area (Å²) in [6.45, 7) is 3.96. The van der Waals surface area contributed by atoms with E-state index in [1.807, 2.05) is 0 Å². The Morgan fingerprint density at radius 3 is 2.14 bits per heavy atom. The van der Waals surface area contributed by atoms with E-state index in [1.165, 1.54) is 44.9 Å². The molecule has 1 aliphatic rings. The molecule has 0 amide bonds. The van der Waals surface area contributed by atoms with Crippen molar-refractivity contribution in [1.82, 2.24) is 0 Å².